The Morgan fingerprint density at radius 2 is 1.68 bits per heavy atom. The monoisotopic (exact) mass is 517 g/mol. The van der Waals surface area contributed by atoms with Crippen molar-refractivity contribution in [2.75, 3.05) is 16.0 Å². The van der Waals surface area contributed by atoms with E-state index in [1.807, 2.05) is 50.2 Å². The number of carbonyl (C=O) groups excluding carboxylic acids is 4. The zero-order chi connectivity index (χ0) is 26.5. The number of hydrogen-bond donors (Lipinski definition) is 1. The van der Waals surface area contributed by atoms with E-state index in [1.54, 1.807) is 24.3 Å². The van der Waals surface area contributed by atoms with Gasteiger partial charge in [-0.1, -0.05) is 42.1 Å². The van der Waals surface area contributed by atoms with Crippen molar-refractivity contribution in [3.63, 3.8) is 0 Å². The first kappa shape index (κ1) is 26.0. The SMILES string of the molecule is CC(=O)Nc1ccc(N2C(=O)CC(N(Cc3ccccc3)C(=O)CSc3nc(C)cc(C)n3)C2=O)cc1. The predicted molar refractivity (Wildman–Crippen MR) is 141 cm³/mol. The number of carbonyl (C=O) groups is 4. The standard InChI is InChI=1S/C27H27N5O4S/c1-17-13-18(2)29-27(28-17)37-16-25(35)31(15-20-7-5-4-6-8-20)23-14-24(34)32(26(23)36)22-11-9-21(10-12-22)30-19(3)33/h4-13,23H,14-16H2,1-3H3,(H,30,33). The summed E-state index contributed by atoms with van der Waals surface area (Å²) >= 11 is 1.20. The molecule has 9 nitrogen and oxygen atoms in total. The maximum atomic E-state index is 13.5. The van der Waals surface area contributed by atoms with E-state index >= 15 is 0 Å². The molecule has 0 radical (unpaired) electrons. The number of rotatable bonds is 8. The molecule has 0 spiro atoms. The first-order valence-corrected chi connectivity index (χ1v) is 12.7. The van der Waals surface area contributed by atoms with Crippen molar-refractivity contribution >= 4 is 46.8 Å². The molecule has 1 unspecified atom stereocenters. The smallest absolute Gasteiger partial charge is 0.257 e. The van der Waals surface area contributed by atoms with Crippen molar-refractivity contribution in [3.8, 4) is 0 Å². The van der Waals surface area contributed by atoms with Gasteiger partial charge in [-0.15, -0.1) is 0 Å². The predicted octanol–water partition coefficient (Wildman–Crippen LogP) is 3.50. The van der Waals surface area contributed by atoms with Crippen LogP contribution in [-0.2, 0) is 25.7 Å². The third-order valence-corrected chi connectivity index (χ3v) is 6.58. The molecule has 1 aliphatic rings. The van der Waals surface area contributed by atoms with E-state index in [4.69, 9.17) is 0 Å². The Labute approximate surface area is 219 Å². The lowest BCUT2D eigenvalue weighted by atomic mass is 10.1. The van der Waals surface area contributed by atoms with Gasteiger partial charge in [0.15, 0.2) is 5.16 Å². The number of aryl methyl sites for hydroxylation is 2. The third-order valence-electron chi connectivity index (χ3n) is 5.75. The van der Waals surface area contributed by atoms with Gasteiger partial charge in [-0.2, -0.15) is 0 Å². The normalized spacial score (nSPS) is 15.1. The fourth-order valence-corrected chi connectivity index (χ4v) is 4.98. The number of nitrogens with one attached hydrogen (secondary N) is 1. The lowest BCUT2D eigenvalue weighted by molar-refractivity contribution is -0.136. The van der Waals surface area contributed by atoms with Crippen molar-refractivity contribution in [1.29, 1.82) is 0 Å². The molecule has 2 aromatic carbocycles. The Hall–Kier alpha value is -4.05. The highest BCUT2D eigenvalue weighted by atomic mass is 32.2. The van der Waals surface area contributed by atoms with Gasteiger partial charge < -0.3 is 10.2 Å². The van der Waals surface area contributed by atoms with Crippen molar-refractivity contribution in [2.24, 2.45) is 0 Å². The minimum atomic E-state index is -0.934. The maximum Gasteiger partial charge on any atom is 0.257 e. The van der Waals surface area contributed by atoms with Gasteiger partial charge >= 0.3 is 0 Å². The van der Waals surface area contributed by atoms with Gasteiger partial charge in [0.25, 0.3) is 5.91 Å². The van der Waals surface area contributed by atoms with Gasteiger partial charge in [-0.3, -0.25) is 19.2 Å². The maximum absolute atomic E-state index is 13.5. The minimum Gasteiger partial charge on any atom is -0.326 e. The molecule has 1 atom stereocenters. The quantitative estimate of drug-likeness (QED) is 0.276. The van der Waals surface area contributed by atoms with Crippen LogP contribution in [-0.4, -0.2) is 50.3 Å². The van der Waals surface area contributed by atoms with E-state index in [0.717, 1.165) is 21.9 Å². The lowest BCUT2D eigenvalue weighted by Gasteiger charge is -2.27. The molecule has 1 aromatic heterocycles. The summed E-state index contributed by atoms with van der Waals surface area (Å²) in [6, 6.07) is 16.7. The van der Waals surface area contributed by atoms with Crippen LogP contribution >= 0.6 is 11.8 Å². The van der Waals surface area contributed by atoms with Crippen molar-refractivity contribution < 1.29 is 19.2 Å². The second-order valence-electron chi connectivity index (χ2n) is 8.74. The van der Waals surface area contributed by atoms with E-state index in [0.29, 0.717) is 16.5 Å². The Kier molecular flexibility index (Phi) is 7.98. The number of imide groups is 1. The average Bonchev–Trinajstić information content (AvgIpc) is 3.14. The second-order valence-corrected chi connectivity index (χ2v) is 9.69. The summed E-state index contributed by atoms with van der Waals surface area (Å²) in [7, 11) is 0. The summed E-state index contributed by atoms with van der Waals surface area (Å²) in [4.78, 5) is 62.5. The molecule has 0 saturated carbocycles. The van der Waals surface area contributed by atoms with Crippen LogP contribution in [0, 0.1) is 13.8 Å². The first-order valence-electron chi connectivity index (χ1n) is 11.7. The van der Waals surface area contributed by atoms with Crippen molar-refractivity contribution in [1.82, 2.24) is 14.9 Å². The summed E-state index contributed by atoms with van der Waals surface area (Å²) in [6.45, 7) is 5.31. The van der Waals surface area contributed by atoms with Crippen molar-refractivity contribution in [3.05, 3.63) is 77.6 Å². The van der Waals surface area contributed by atoms with Gasteiger partial charge in [0.05, 0.1) is 17.9 Å². The summed E-state index contributed by atoms with van der Waals surface area (Å²) in [5.74, 6) is -1.34. The molecular weight excluding hydrogens is 490 g/mol. The lowest BCUT2D eigenvalue weighted by Crippen LogP contribution is -2.45. The molecule has 3 aromatic rings. The third kappa shape index (κ3) is 6.39. The Morgan fingerprint density at radius 3 is 2.30 bits per heavy atom. The zero-order valence-corrected chi connectivity index (χ0v) is 21.6. The Morgan fingerprint density at radius 1 is 1.03 bits per heavy atom. The van der Waals surface area contributed by atoms with Gasteiger partial charge in [0.2, 0.25) is 17.7 Å². The van der Waals surface area contributed by atoms with E-state index in [2.05, 4.69) is 15.3 Å². The van der Waals surface area contributed by atoms with Gasteiger partial charge in [-0.25, -0.2) is 14.9 Å². The van der Waals surface area contributed by atoms with Crippen LogP contribution in [0.2, 0.25) is 0 Å². The van der Waals surface area contributed by atoms with Crippen LogP contribution < -0.4 is 10.2 Å². The van der Waals surface area contributed by atoms with Crippen molar-refractivity contribution in [2.45, 2.75) is 44.9 Å². The summed E-state index contributed by atoms with van der Waals surface area (Å²) in [5.41, 5.74) is 3.40. The second kappa shape index (κ2) is 11.3. The molecule has 0 bridgehead atoms. The fraction of sp³-hybridized carbons (Fsp3) is 0.259. The van der Waals surface area contributed by atoms with Crippen LogP contribution in [0.4, 0.5) is 11.4 Å². The van der Waals surface area contributed by atoms with E-state index < -0.39 is 17.9 Å². The molecule has 10 heteroatoms. The highest BCUT2D eigenvalue weighted by Crippen LogP contribution is 2.28. The molecule has 4 rings (SSSR count). The van der Waals surface area contributed by atoms with Crippen LogP contribution in [0.1, 0.15) is 30.3 Å². The number of hydrogen-bond acceptors (Lipinski definition) is 7. The number of anilines is 2. The first-order chi connectivity index (χ1) is 17.7. The molecule has 190 valence electrons. The molecule has 0 aliphatic carbocycles. The van der Waals surface area contributed by atoms with E-state index in [9.17, 15) is 19.2 Å². The molecule has 2 heterocycles. The Balaban J connectivity index is 1.56. The Bertz CT molecular complexity index is 1310. The molecule has 4 amide bonds. The van der Waals surface area contributed by atoms with E-state index in [1.165, 1.54) is 23.6 Å². The zero-order valence-electron chi connectivity index (χ0n) is 20.8. The largest absolute Gasteiger partial charge is 0.326 e. The topological polar surface area (TPSA) is 113 Å². The van der Waals surface area contributed by atoms with Gasteiger partial charge in [-0.05, 0) is 49.7 Å². The molecule has 1 N–H and O–H groups in total. The highest BCUT2D eigenvalue weighted by Gasteiger charge is 2.44. The fourth-order valence-electron chi connectivity index (χ4n) is 4.15. The van der Waals surface area contributed by atoms with Crippen LogP contribution in [0.15, 0.2) is 65.8 Å². The summed E-state index contributed by atoms with van der Waals surface area (Å²) < 4.78 is 0. The van der Waals surface area contributed by atoms with Crippen LogP contribution in [0.5, 0.6) is 0 Å². The molecule has 1 fully saturated rings. The highest BCUT2D eigenvalue weighted by molar-refractivity contribution is 7.99. The van der Waals surface area contributed by atoms with Gasteiger partial charge in [0.1, 0.15) is 6.04 Å². The van der Waals surface area contributed by atoms with Crippen LogP contribution in [0.3, 0.4) is 0 Å². The number of amides is 4. The molecular formula is C27H27N5O4S. The molecule has 1 aliphatic heterocycles. The number of benzene rings is 2. The molecule has 1 saturated heterocycles. The van der Waals surface area contributed by atoms with Crippen LogP contribution in [0.25, 0.3) is 0 Å². The molecule has 37 heavy (non-hydrogen) atoms. The van der Waals surface area contributed by atoms with Gasteiger partial charge in [0, 0.05) is 30.5 Å². The van der Waals surface area contributed by atoms with E-state index in [-0.39, 0.29) is 30.5 Å². The minimum absolute atomic E-state index is 0.0269. The average molecular weight is 518 g/mol. The number of nitrogens with zero attached hydrogens (tertiary/aromatic N) is 4. The summed E-state index contributed by atoms with van der Waals surface area (Å²) in [6.07, 6.45) is -0.116. The number of aromatic nitrogens is 2. The summed E-state index contributed by atoms with van der Waals surface area (Å²) in [5, 5.41) is 3.14. The number of thioether (sulfide) groups is 1.